The van der Waals surface area contributed by atoms with Crippen LogP contribution in [0.1, 0.15) is 27.4 Å². The second-order valence-electron chi connectivity index (χ2n) is 6.75. The van der Waals surface area contributed by atoms with Crippen molar-refractivity contribution in [3.05, 3.63) is 102 Å². The van der Waals surface area contributed by atoms with E-state index < -0.39 is 17.1 Å². The van der Waals surface area contributed by atoms with Gasteiger partial charge in [0.15, 0.2) is 5.78 Å². The Morgan fingerprint density at radius 3 is 1.93 bits per heavy atom. The van der Waals surface area contributed by atoms with E-state index in [4.69, 9.17) is 0 Å². The number of carbonyl (C=O) groups is 1. The van der Waals surface area contributed by atoms with Crippen LogP contribution in [0.4, 0.5) is 0 Å². The first-order chi connectivity index (χ1) is 14.1. The number of hydrogen-bond donors (Lipinski definition) is 0. The number of benzene rings is 3. The lowest BCUT2D eigenvalue weighted by atomic mass is 9.82. The van der Waals surface area contributed by atoms with Crippen molar-refractivity contribution in [1.29, 1.82) is 10.5 Å². The monoisotopic (exact) mass is 396 g/mol. The van der Waals surface area contributed by atoms with Crippen molar-refractivity contribution in [2.75, 3.05) is 0 Å². The third kappa shape index (κ3) is 4.93. The van der Waals surface area contributed by atoms with E-state index in [-0.39, 0.29) is 5.78 Å². The Hall–Kier alpha value is -3.34. The molecule has 2 atom stereocenters. The molecule has 0 heterocycles. The van der Waals surface area contributed by atoms with E-state index in [0.29, 0.717) is 5.56 Å². The van der Waals surface area contributed by atoms with Gasteiger partial charge in [0.2, 0.25) is 0 Å². The number of hydrogen-bond acceptors (Lipinski definition) is 4. The van der Waals surface area contributed by atoms with Gasteiger partial charge >= 0.3 is 0 Å². The van der Waals surface area contributed by atoms with Crippen LogP contribution in [0.3, 0.4) is 0 Å². The first kappa shape index (κ1) is 20.4. The Balaban J connectivity index is 2.10. The molecule has 3 aromatic carbocycles. The molecule has 0 radical (unpaired) electrons. The minimum atomic E-state index is -0.937. The average Bonchev–Trinajstić information content (AvgIpc) is 2.78. The lowest BCUT2D eigenvalue weighted by Crippen LogP contribution is -2.30. The summed E-state index contributed by atoms with van der Waals surface area (Å²) < 4.78 is 0. The SMILES string of the molecule is Cc1ccc(SC(C(=O)c2ccccc2)C(c2ccccc2)C(C#N)C#N)cc1. The molecule has 0 aromatic heterocycles. The summed E-state index contributed by atoms with van der Waals surface area (Å²) in [5, 5.41) is 18.7. The van der Waals surface area contributed by atoms with Crippen molar-refractivity contribution >= 4 is 17.5 Å². The molecule has 0 saturated carbocycles. The van der Waals surface area contributed by atoms with Crippen LogP contribution < -0.4 is 0 Å². The van der Waals surface area contributed by atoms with Crippen molar-refractivity contribution in [2.45, 2.75) is 23.0 Å². The molecule has 2 unspecified atom stereocenters. The molecule has 3 aromatic rings. The molecule has 3 rings (SSSR count). The predicted molar refractivity (Wildman–Crippen MR) is 115 cm³/mol. The van der Waals surface area contributed by atoms with Gasteiger partial charge in [0.25, 0.3) is 0 Å². The molecule has 0 amide bonds. The molecule has 142 valence electrons. The third-order valence-electron chi connectivity index (χ3n) is 4.75. The Labute approximate surface area is 175 Å². The Morgan fingerprint density at radius 1 is 0.828 bits per heavy atom. The summed E-state index contributed by atoms with van der Waals surface area (Å²) in [4.78, 5) is 14.5. The number of rotatable bonds is 7. The molecule has 0 N–H and O–H groups in total. The summed E-state index contributed by atoms with van der Waals surface area (Å²) in [7, 11) is 0. The van der Waals surface area contributed by atoms with Crippen molar-refractivity contribution in [3.8, 4) is 12.1 Å². The van der Waals surface area contributed by atoms with Crippen LogP contribution in [-0.2, 0) is 0 Å². The fourth-order valence-electron chi connectivity index (χ4n) is 3.23. The molecule has 0 saturated heterocycles. The van der Waals surface area contributed by atoms with E-state index in [0.717, 1.165) is 16.0 Å². The summed E-state index contributed by atoms with van der Waals surface area (Å²) in [5.74, 6) is -1.57. The van der Waals surface area contributed by atoms with Crippen LogP contribution >= 0.6 is 11.8 Å². The average molecular weight is 397 g/mol. The van der Waals surface area contributed by atoms with E-state index >= 15 is 0 Å². The normalized spacial score (nSPS) is 12.6. The minimum Gasteiger partial charge on any atom is -0.293 e. The van der Waals surface area contributed by atoms with E-state index in [1.807, 2.05) is 79.7 Å². The molecule has 4 heteroatoms. The minimum absolute atomic E-state index is 0.0828. The number of Topliss-reactive ketones (excluding diaryl/α,β-unsaturated/α-hetero) is 1. The smallest absolute Gasteiger partial charge is 0.176 e. The van der Waals surface area contributed by atoms with E-state index in [2.05, 4.69) is 12.1 Å². The maximum atomic E-state index is 13.5. The Morgan fingerprint density at radius 2 is 1.38 bits per heavy atom. The molecule has 0 aliphatic carbocycles. The van der Waals surface area contributed by atoms with E-state index in [9.17, 15) is 15.3 Å². The van der Waals surface area contributed by atoms with Gasteiger partial charge in [-0.3, -0.25) is 4.79 Å². The number of thioether (sulfide) groups is 1. The second kappa shape index (κ2) is 9.73. The maximum Gasteiger partial charge on any atom is 0.176 e. The van der Waals surface area contributed by atoms with Crippen LogP contribution in [0.2, 0.25) is 0 Å². The van der Waals surface area contributed by atoms with Gasteiger partial charge in [-0.15, -0.1) is 11.8 Å². The van der Waals surface area contributed by atoms with Crippen molar-refractivity contribution < 1.29 is 4.79 Å². The lowest BCUT2D eigenvalue weighted by Gasteiger charge is -2.27. The molecule has 0 bridgehead atoms. The molecule has 0 fully saturated rings. The molecule has 29 heavy (non-hydrogen) atoms. The summed E-state index contributed by atoms with van der Waals surface area (Å²) in [6.45, 7) is 2.01. The van der Waals surface area contributed by atoms with Gasteiger partial charge in [0.1, 0.15) is 5.92 Å². The van der Waals surface area contributed by atoms with Crippen LogP contribution in [0.15, 0.2) is 89.8 Å². The zero-order chi connectivity index (χ0) is 20.6. The largest absolute Gasteiger partial charge is 0.293 e. The lowest BCUT2D eigenvalue weighted by molar-refractivity contribution is 0.0978. The fraction of sp³-hybridized carbons (Fsp3) is 0.160. The van der Waals surface area contributed by atoms with Gasteiger partial charge in [-0.1, -0.05) is 78.4 Å². The third-order valence-corrected chi connectivity index (χ3v) is 6.05. The van der Waals surface area contributed by atoms with Gasteiger partial charge in [0, 0.05) is 16.4 Å². The highest BCUT2D eigenvalue weighted by molar-refractivity contribution is 8.00. The van der Waals surface area contributed by atoms with Gasteiger partial charge in [-0.25, -0.2) is 0 Å². The van der Waals surface area contributed by atoms with Gasteiger partial charge < -0.3 is 0 Å². The highest BCUT2D eigenvalue weighted by Crippen LogP contribution is 2.40. The van der Waals surface area contributed by atoms with Crippen LogP contribution in [-0.4, -0.2) is 11.0 Å². The predicted octanol–water partition coefficient (Wildman–Crippen LogP) is 5.79. The first-order valence-corrected chi connectivity index (χ1v) is 10.2. The number of ketones is 1. The summed E-state index contributed by atoms with van der Waals surface area (Å²) >= 11 is 1.41. The fourth-order valence-corrected chi connectivity index (χ4v) is 4.52. The zero-order valence-corrected chi connectivity index (χ0v) is 16.8. The summed E-state index contributed by atoms with van der Waals surface area (Å²) in [6.07, 6.45) is 0. The standard InChI is InChI=1S/C25H20N2OS/c1-18-12-14-22(15-13-18)29-25(24(28)20-10-6-3-7-11-20)23(21(16-26)17-27)19-8-4-2-5-9-19/h2-15,21,23,25H,1H3. The number of carbonyl (C=O) groups excluding carboxylic acids is 1. The van der Waals surface area contributed by atoms with Gasteiger partial charge in [-0.2, -0.15) is 10.5 Å². The van der Waals surface area contributed by atoms with Crippen LogP contribution in [0.25, 0.3) is 0 Å². The molecule has 3 nitrogen and oxygen atoms in total. The summed E-state index contributed by atoms with van der Waals surface area (Å²) in [5.41, 5.74) is 2.52. The Kier molecular flexibility index (Phi) is 6.85. The number of nitrogens with zero attached hydrogens (tertiary/aromatic N) is 2. The Bertz CT molecular complexity index is 1020. The first-order valence-electron chi connectivity index (χ1n) is 9.31. The van der Waals surface area contributed by atoms with Crippen LogP contribution in [0, 0.1) is 35.5 Å². The van der Waals surface area contributed by atoms with Crippen LogP contribution in [0.5, 0.6) is 0 Å². The quantitative estimate of drug-likeness (QED) is 0.375. The highest BCUT2D eigenvalue weighted by Gasteiger charge is 2.37. The van der Waals surface area contributed by atoms with Gasteiger partial charge in [-0.05, 0) is 24.6 Å². The molecule has 0 aliphatic rings. The topological polar surface area (TPSA) is 64.7 Å². The summed E-state index contributed by atoms with van der Waals surface area (Å²) in [6, 6.07) is 30.6. The molecular formula is C25H20N2OS. The zero-order valence-electron chi connectivity index (χ0n) is 16.0. The van der Waals surface area contributed by atoms with E-state index in [1.54, 1.807) is 12.1 Å². The van der Waals surface area contributed by atoms with Crippen molar-refractivity contribution in [1.82, 2.24) is 0 Å². The van der Waals surface area contributed by atoms with E-state index in [1.165, 1.54) is 11.8 Å². The molecular weight excluding hydrogens is 376 g/mol. The number of nitriles is 2. The molecule has 0 spiro atoms. The second-order valence-corrected chi connectivity index (χ2v) is 7.97. The van der Waals surface area contributed by atoms with Crippen molar-refractivity contribution in [3.63, 3.8) is 0 Å². The van der Waals surface area contributed by atoms with Crippen molar-refractivity contribution in [2.24, 2.45) is 5.92 Å². The number of aryl methyl sites for hydroxylation is 1. The maximum absolute atomic E-state index is 13.5. The highest BCUT2D eigenvalue weighted by atomic mass is 32.2. The molecule has 0 aliphatic heterocycles. The van der Waals surface area contributed by atoms with Gasteiger partial charge in [0.05, 0.1) is 17.4 Å².